The van der Waals surface area contributed by atoms with Crippen LogP contribution in [0.15, 0.2) is 28.9 Å². The van der Waals surface area contributed by atoms with E-state index in [2.05, 4.69) is 21.0 Å². The van der Waals surface area contributed by atoms with E-state index >= 15 is 0 Å². The van der Waals surface area contributed by atoms with E-state index in [1.807, 2.05) is 0 Å². The van der Waals surface area contributed by atoms with Crippen molar-refractivity contribution in [3.05, 3.63) is 49.1 Å². The lowest BCUT2D eigenvalue weighted by Gasteiger charge is -2.03. The predicted octanol–water partition coefficient (Wildman–Crippen LogP) is 2.67. The van der Waals surface area contributed by atoms with Crippen molar-refractivity contribution in [3.8, 4) is 11.3 Å². The molecule has 8 nitrogen and oxygen atoms in total. The Morgan fingerprint density at radius 3 is 2.05 bits per heavy atom. The van der Waals surface area contributed by atoms with Gasteiger partial charge in [-0.3, -0.25) is 24.9 Å². The first-order valence-electron chi connectivity index (χ1n) is 5.02. The SMILES string of the molecule is Cn1ncc(Br)c1-c1cc([N+](=O)[O-])cc([N+](=O)[O-])c1. The fraction of sp³-hybridized carbons (Fsp3) is 0.100. The number of aromatic nitrogens is 2. The molecule has 0 saturated heterocycles. The van der Waals surface area contributed by atoms with Crippen molar-refractivity contribution in [2.45, 2.75) is 0 Å². The van der Waals surface area contributed by atoms with E-state index in [4.69, 9.17) is 0 Å². The Kier molecular flexibility index (Phi) is 3.30. The first kappa shape index (κ1) is 13.1. The lowest BCUT2D eigenvalue weighted by molar-refractivity contribution is -0.394. The van der Waals surface area contributed by atoms with E-state index in [1.165, 1.54) is 23.0 Å². The molecule has 0 aliphatic carbocycles. The zero-order valence-electron chi connectivity index (χ0n) is 9.61. The molecule has 1 heterocycles. The molecular formula is C10H7BrN4O4. The van der Waals surface area contributed by atoms with Gasteiger partial charge in [0.25, 0.3) is 11.4 Å². The maximum absolute atomic E-state index is 10.8. The molecule has 0 saturated carbocycles. The van der Waals surface area contributed by atoms with Crippen LogP contribution in [0.3, 0.4) is 0 Å². The highest BCUT2D eigenvalue weighted by Crippen LogP contribution is 2.33. The van der Waals surface area contributed by atoms with Gasteiger partial charge in [-0.15, -0.1) is 0 Å². The lowest BCUT2D eigenvalue weighted by atomic mass is 10.1. The summed E-state index contributed by atoms with van der Waals surface area (Å²) in [6.07, 6.45) is 1.51. The van der Waals surface area contributed by atoms with Crippen LogP contribution in [-0.4, -0.2) is 19.6 Å². The summed E-state index contributed by atoms with van der Waals surface area (Å²) in [5.41, 5.74) is 0.217. The van der Waals surface area contributed by atoms with Gasteiger partial charge in [-0.2, -0.15) is 5.10 Å². The fourth-order valence-electron chi connectivity index (χ4n) is 1.68. The Labute approximate surface area is 115 Å². The Bertz CT molecular complexity index is 630. The summed E-state index contributed by atoms with van der Waals surface area (Å²) < 4.78 is 2.08. The van der Waals surface area contributed by atoms with Gasteiger partial charge < -0.3 is 0 Å². The third-order valence-corrected chi connectivity index (χ3v) is 3.07. The Balaban J connectivity index is 2.70. The average Bonchev–Trinajstić information content (AvgIpc) is 2.68. The summed E-state index contributed by atoms with van der Waals surface area (Å²) in [4.78, 5) is 20.3. The largest absolute Gasteiger partial charge is 0.276 e. The Morgan fingerprint density at radius 1 is 1.16 bits per heavy atom. The van der Waals surface area contributed by atoms with Gasteiger partial charge in [-0.1, -0.05) is 0 Å². The molecule has 0 unspecified atom stereocenters. The normalized spacial score (nSPS) is 10.4. The molecule has 0 spiro atoms. The molecule has 1 aromatic carbocycles. The van der Waals surface area contributed by atoms with Gasteiger partial charge in [0.05, 0.1) is 32.3 Å². The molecule has 0 amide bonds. The van der Waals surface area contributed by atoms with Gasteiger partial charge in [0, 0.05) is 24.7 Å². The van der Waals surface area contributed by atoms with Crippen LogP contribution in [0.2, 0.25) is 0 Å². The van der Waals surface area contributed by atoms with Gasteiger partial charge in [0.1, 0.15) is 0 Å². The van der Waals surface area contributed by atoms with Gasteiger partial charge in [0.2, 0.25) is 0 Å². The molecule has 0 N–H and O–H groups in total. The van der Waals surface area contributed by atoms with Crippen LogP contribution in [0.5, 0.6) is 0 Å². The molecule has 0 atom stereocenters. The van der Waals surface area contributed by atoms with Gasteiger partial charge in [-0.25, -0.2) is 0 Å². The fourth-order valence-corrected chi connectivity index (χ4v) is 2.26. The lowest BCUT2D eigenvalue weighted by Crippen LogP contribution is -1.97. The highest BCUT2D eigenvalue weighted by Gasteiger charge is 2.19. The summed E-state index contributed by atoms with van der Waals surface area (Å²) in [6.45, 7) is 0. The summed E-state index contributed by atoms with van der Waals surface area (Å²) in [5.74, 6) is 0. The van der Waals surface area contributed by atoms with Crippen LogP contribution in [0.4, 0.5) is 11.4 Å². The van der Waals surface area contributed by atoms with E-state index in [-0.39, 0.29) is 11.4 Å². The van der Waals surface area contributed by atoms with Crippen LogP contribution in [0.1, 0.15) is 0 Å². The number of nitro groups is 2. The van der Waals surface area contributed by atoms with Crippen LogP contribution >= 0.6 is 15.9 Å². The smallest absolute Gasteiger partial charge is 0.267 e. The molecule has 2 aromatic rings. The molecule has 0 aliphatic rings. The highest BCUT2D eigenvalue weighted by molar-refractivity contribution is 9.10. The minimum atomic E-state index is -0.666. The van der Waals surface area contributed by atoms with Crippen LogP contribution in [-0.2, 0) is 7.05 Å². The number of hydrogen-bond donors (Lipinski definition) is 0. The Morgan fingerprint density at radius 2 is 1.68 bits per heavy atom. The highest BCUT2D eigenvalue weighted by atomic mass is 79.9. The molecular weight excluding hydrogens is 320 g/mol. The number of nitro benzene ring substituents is 2. The molecule has 9 heteroatoms. The standard InChI is InChI=1S/C10H7BrN4O4/c1-13-10(9(11)5-12-13)6-2-7(14(16)17)4-8(3-6)15(18)19/h2-5H,1H3. The van der Waals surface area contributed by atoms with Crippen molar-refractivity contribution in [2.75, 3.05) is 0 Å². The number of halogens is 1. The van der Waals surface area contributed by atoms with Gasteiger partial charge in [-0.05, 0) is 15.9 Å². The quantitative estimate of drug-likeness (QED) is 0.637. The van der Waals surface area contributed by atoms with Gasteiger partial charge in [0.15, 0.2) is 0 Å². The van der Waals surface area contributed by atoms with Crippen molar-refractivity contribution in [1.82, 2.24) is 9.78 Å². The summed E-state index contributed by atoms with van der Waals surface area (Å²) >= 11 is 3.25. The second-order valence-corrected chi connectivity index (χ2v) is 4.57. The predicted molar refractivity (Wildman–Crippen MR) is 69.7 cm³/mol. The van der Waals surface area contributed by atoms with Crippen molar-refractivity contribution in [2.24, 2.45) is 7.05 Å². The number of non-ortho nitro benzene ring substituents is 2. The maximum Gasteiger partial charge on any atom is 0.276 e. The van der Waals surface area contributed by atoms with Crippen LogP contribution in [0, 0.1) is 20.2 Å². The van der Waals surface area contributed by atoms with E-state index in [9.17, 15) is 20.2 Å². The molecule has 0 radical (unpaired) electrons. The second-order valence-electron chi connectivity index (χ2n) is 3.72. The summed E-state index contributed by atoms with van der Waals surface area (Å²) in [5, 5.41) is 25.6. The van der Waals surface area contributed by atoms with E-state index in [1.54, 1.807) is 7.05 Å². The zero-order valence-corrected chi connectivity index (χ0v) is 11.2. The van der Waals surface area contributed by atoms with E-state index < -0.39 is 9.85 Å². The molecule has 98 valence electrons. The number of rotatable bonds is 3. The number of hydrogen-bond acceptors (Lipinski definition) is 5. The summed E-state index contributed by atoms with van der Waals surface area (Å²) in [6, 6.07) is 3.47. The number of benzene rings is 1. The van der Waals surface area contributed by atoms with Crippen molar-refractivity contribution in [1.29, 1.82) is 0 Å². The van der Waals surface area contributed by atoms with Gasteiger partial charge >= 0.3 is 0 Å². The molecule has 0 fully saturated rings. The minimum absolute atomic E-state index is 0.336. The van der Waals surface area contributed by atoms with E-state index in [0.29, 0.717) is 15.7 Å². The minimum Gasteiger partial charge on any atom is -0.267 e. The number of nitrogens with zero attached hydrogens (tertiary/aromatic N) is 4. The molecule has 1 aromatic heterocycles. The average molecular weight is 327 g/mol. The third kappa shape index (κ3) is 2.45. The first-order valence-corrected chi connectivity index (χ1v) is 5.81. The second kappa shape index (κ2) is 4.76. The monoisotopic (exact) mass is 326 g/mol. The van der Waals surface area contributed by atoms with Crippen LogP contribution < -0.4 is 0 Å². The third-order valence-electron chi connectivity index (χ3n) is 2.49. The molecule has 19 heavy (non-hydrogen) atoms. The van der Waals surface area contributed by atoms with Crippen molar-refractivity contribution < 1.29 is 9.85 Å². The molecule has 0 aliphatic heterocycles. The zero-order chi connectivity index (χ0) is 14.2. The first-order chi connectivity index (χ1) is 8.90. The molecule has 0 bridgehead atoms. The molecule has 2 rings (SSSR count). The number of aryl methyl sites for hydroxylation is 1. The topological polar surface area (TPSA) is 104 Å². The Hall–Kier alpha value is -2.29. The van der Waals surface area contributed by atoms with E-state index in [0.717, 1.165) is 6.07 Å². The maximum atomic E-state index is 10.8. The summed E-state index contributed by atoms with van der Waals surface area (Å²) in [7, 11) is 1.64. The van der Waals surface area contributed by atoms with Crippen molar-refractivity contribution >= 4 is 27.3 Å². The van der Waals surface area contributed by atoms with Crippen molar-refractivity contribution in [3.63, 3.8) is 0 Å². The van der Waals surface area contributed by atoms with Crippen LogP contribution in [0.25, 0.3) is 11.3 Å².